The van der Waals surface area contributed by atoms with Gasteiger partial charge in [0.15, 0.2) is 24.6 Å². The predicted octanol–water partition coefficient (Wildman–Crippen LogP) is 1.97. The number of carbonyl (C=O) groups excluding carboxylic acids is 4. The Morgan fingerprint density at radius 3 is 2.40 bits per heavy atom. The Morgan fingerprint density at radius 1 is 1.03 bits per heavy atom. The van der Waals surface area contributed by atoms with Crippen molar-refractivity contribution in [2.24, 2.45) is 0 Å². The van der Waals surface area contributed by atoms with Crippen molar-refractivity contribution in [3.8, 4) is 0 Å². The van der Waals surface area contributed by atoms with Crippen LogP contribution in [0.25, 0.3) is 0 Å². The molecular formula is C22H20N2O6. The molecule has 0 saturated carbocycles. The van der Waals surface area contributed by atoms with Gasteiger partial charge in [0.05, 0.1) is 0 Å². The van der Waals surface area contributed by atoms with E-state index in [9.17, 15) is 19.2 Å². The quantitative estimate of drug-likeness (QED) is 0.390. The van der Waals surface area contributed by atoms with Crippen molar-refractivity contribution in [3.63, 3.8) is 0 Å². The molecule has 154 valence electrons. The highest BCUT2D eigenvalue weighted by Crippen LogP contribution is 2.20. The maximum absolute atomic E-state index is 12.4. The second-order valence-electron chi connectivity index (χ2n) is 6.51. The van der Waals surface area contributed by atoms with Gasteiger partial charge in [-0.25, -0.2) is 4.79 Å². The molecule has 1 amide bonds. The summed E-state index contributed by atoms with van der Waals surface area (Å²) in [5.74, 6) is -2.01. The summed E-state index contributed by atoms with van der Waals surface area (Å²) in [5, 5.41) is 5.53. The van der Waals surface area contributed by atoms with Gasteiger partial charge in [-0.1, -0.05) is 42.5 Å². The standard InChI is InChI=1S/C22H20N2O6/c1-14(25)23-11-15-7-9-16(10-8-15)18(26)12-30-22(28)20-19(27)13-29-21(20)24-17-5-3-2-4-6-17/h2-10,24H,11-13H2,1H3,(H,23,25). The third-order valence-corrected chi connectivity index (χ3v) is 4.24. The van der Waals surface area contributed by atoms with E-state index in [4.69, 9.17) is 9.47 Å². The molecule has 8 nitrogen and oxygen atoms in total. The minimum Gasteiger partial charge on any atom is -0.470 e. The summed E-state index contributed by atoms with van der Waals surface area (Å²) in [5.41, 5.74) is 1.56. The SMILES string of the molecule is CC(=O)NCc1ccc(C(=O)COC(=O)C2=C(Nc3ccccc3)OCC2=O)cc1. The van der Waals surface area contributed by atoms with Gasteiger partial charge in [0.1, 0.15) is 0 Å². The second kappa shape index (κ2) is 9.51. The van der Waals surface area contributed by atoms with Crippen molar-refractivity contribution in [3.05, 3.63) is 77.2 Å². The van der Waals surface area contributed by atoms with Crippen molar-refractivity contribution < 1.29 is 28.7 Å². The molecule has 0 atom stereocenters. The zero-order valence-electron chi connectivity index (χ0n) is 16.3. The number of benzene rings is 2. The summed E-state index contributed by atoms with van der Waals surface area (Å²) >= 11 is 0. The van der Waals surface area contributed by atoms with Crippen LogP contribution in [0.3, 0.4) is 0 Å². The van der Waals surface area contributed by atoms with E-state index >= 15 is 0 Å². The number of anilines is 1. The van der Waals surface area contributed by atoms with E-state index < -0.39 is 24.1 Å². The van der Waals surface area contributed by atoms with Crippen molar-refractivity contribution in [2.45, 2.75) is 13.5 Å². The van der Waals surface area contributed by atoms with Gasteiger partial charge < -0.3 is 20.1 Å². The molecule has 2 aromatic rings. The fraction of sp³-hybridized carbons (Fsp3) is 0.182. The van der Waals surface area contributed by atoms with Crippen LogP contribution in [0, 0.1) is 0 Å². The predicted molar refractivity (Wildman–Crippen MR) is 107 cm³/mol. The molecule has 3 rings (SSSR count). The molecule has 0 aliphatic carbocycles. The number of nitrogens with one attached hydrogen (secondary N) is 2. The molecule has 1 heterocycles. The van der Waals surface area contributed by atoms with E-state index in [0.29, 0.717) is 17.8 Å². The van der Waals surface area contributed by atoms with E-state index in [1.807, 2.05) is 6.07 Å². The van der Waals surface area contributed by atoms with Crippen molar-refractivity contribution in [1.29, 1.82) is 0 Å². The fourth-order valence-corrected chi connectivity index (χ4v) is 2.69. The maximum atomic E-state index is 12.4. The highest BCUT2D eigenvalue weighted by Gasteiger charge is 2.32. The summed E-state index contributed by atoms with van der Waals surface area (Å²) < 4.78 is 10.3. The normalized spacial score (nSPS) is 12.9. The molecule has 0 fully saturated rings. The van der Waals surface area contributed by atoms with Crippen molar-refractivity contribution >= 4 is 29.1 Å². The number of hydrogen-bond acceptors (Lipinski definition) is 7. The van der Waals surface area contributed by atoms with Crippen LogP contribution in [0.4, 0.5) is 5.69 Å². The Labute approximate surface area is 172 Å². The molecule has 2 N–H and O–H groups in total. The molecule has 0 saturated heterocycles. The first kappa shape index (κ1) is 20.8. The largest absolute Gasteiger partial charge is 0.470 e. The Hall–Kier alpha value is -3.94. The molecule has 1 aliphatic heterocycles. The van der Waals surface area contributed by atoms with E-state index in [2.05, 4.69) is 10.6 Å². The van der Waals surface area contributed by atoms with Crippen LogP contribution < -0.4 is 10.6 Å². The van der Waals surface area contributed by atoms with Crippen LogP contribution in [-0.2, 0) is 30.4 Å². The van der Waals surface area contributed by atoms with Crippen molar-refractivity contribution in [1.82, 2.24) is 5.32 Å². The molecule has 0 radical (unpaired) electrons. The van der Waals surface area contributed by atoms with Gasteiger partial charge in [-0.05, 0) is 17.7 Å². The average Bonchev–Trinajstić information content (AvgIpc) is 3.11. The molecule has 0 aromatic heterocycles. The highest BCUT2D eigenvalue weighted by atomic mass is 16.5. The lowest BCUT2D eigenvalue weighted by atomic mass is 10.1. The fourth-order valence-electron chi connectivity index (χ4n) is 2.69. The number of hydrogen-bond donors (Lipinski definition) is 2. The number of ketones is 2. The Balaban J connectivity index is 1.60. The van der Waals surface area contributed by atoms with Crippen LogP contribution in [0.2, 0.25) is 0 Å². The Bertz CT molecular complexity index is 996. The number of Topliss-reactive ketones (excluding diaryl/α,β-unsaturated/α-hetero) is 2. The third-order valence-electron chi connectivity index (χ3n) is 4.24. The number of amides is 1. The Morgan fingerprint density at radius 2 is 1.73 bits per heavy atom. The molecule has 0 unspecified atom stereocenters. The van der Waals surface area contributed by atoms with E-state index in [-0.39, 0.29) is 24.0 Å². The van der Waals surface area contributed by atoms with Gasteiger partial charge >= 0.3 is 5.97 Å². The first-order valence-corrected chi connectivity index (χ1v) is 9.20. The maximum Gasteiger partial charge on any atom is 0.347 e. The van der Waals surface area contributed by atoms with Gasteiger partial charge in [-0.2, -0.15) is 0 Å². The topological polar surface area (TPSA) is 111 Å². The smallest absolute Gasteiger partial charge is 0.347 e. The molecular weight excluding hydrogens is 388 g/mol. The summed E-state index contributed by atoms with van der Waals surface area (Å²) in [7, 11) is 0. The van der Waals surface area contributed by atoms with E-state index in [1.165, 1.54) is 6.92 Å². The summed E-state index contributed by atoms with van der Waals surface area (Å²) in [4.78, 5) is 47.7. The number of carbonyl (C=O) groups is 4. The molecule has 0 bridgehead atoms. The summed E-state index contributed by atoms with van der Waals surface area (Å²) in [6.07, 6.45) is 0. The van der Waals surface area contributed by atoms with Crippen LogP contribution in [0.5, 0.6) is 0 Å². The lowest BCUT2D eigenvalue weighted by Gasteiger charge is -2.09. The number of para-hydroxylation sites is 1. The van der Waals surface area contributed by atoms with Gasteiger partial charge in [0.2, 0.25) is 17.6 Å². The van der Waals surface area contributed by atoms with Crippen LogP contribution in [0.1, 0.15) is 22.8 Å². The molecule has 8 heteroatoms. The molecule has 30 heavy (non-hydrogen) atoms. The number of rotatable bonds is 8. The van der Waals surface area contributed by atoms with Gasteiger partial charge in [-0.3, -0.25) is 14.4 Å². The van der Waals surface area contributed by atoms with Crippen LogP contribution in [-0.4, -0.2) is 36.7 Å². The van der Waals surface area contributed by atoms with Crippen molar-refractivity contribution in [2.75, 3.05) is 18.5 Å². The van der Waals surface area contributed by atoms with E-state index in [1.54, 1.807) is 48.5 Å². The van der Waals surface area contributed by atoms with E-state index in [0.717, 1.165) is 5.56 Å². The van der Waals surface area contributed by atoms with Gasteiger partial charge in [-0.15, -0.1) is 0 Å². The number of ether oxygens (including phenoxy) is 2. The lowest BCUT2D eigenvalue weighted by molar-refractivity contribution is -0.139. The lowest BCUT2D eigenvalue weighted by Crippen LogP contribution is -2.20. The monoisotopic (exact) mass is 408 g/mol. The second-order valence-corrected chi connectivity index (χ2v) is 6.51. The Kier molecular flexibility index (Phi) is 6.59. The summed E-state index contributed by atoms with van der Waals surface area (Å²) in [6.45, 7) is 0.984. The van der Waals surface area contributed by atoms with Crippen LogP contribution in [0.15, 0.2) is 66.1 Å². The number of esters is 1. The van der Waals surface area contributed by atoms with Gasteiger partial charge in [0.25, 0.3) is 0 Å². The summed E-state index contributed by atoms with van der Waals surface area (Å²) in [6, 6.07) is 15.5. The molecule has 1 aliphatic rings. The third kappa shape index (κ3) is 5.32. The average molecular weight is 408 g/mol. The molecule has 2 aromatic carbocycles. The first-order valence-electron chi connectivity index (χ1n) is 9.20. The minimum absolute atomic E-state index is 0.00553. The first-order chi connectivity index (χ1) is 14.4. The minimum atomic E-state index is -0.924. The highest BCUT2D eigenvalue weighted by molar-refractivity contribution is 6.20. The molecule has 0 spiro atoms. The van der Waals surface area contributed by atoms with Crippen LogP contribution >= 0.6 is 0 Å². The van der Waals surface area contributed by atoms with Gasteiger partial charge in [0, 0.05) is 24.7 Å². The zero-order valence-corrected chi connectivity index (χ0v) is 16.3. The zero-order chi connectivity index (χ0) is 21.5.